The number of fused-ring (bicyclic) bond motifs is 6. The van der Waals surface area contributed by atoms with E-state index in [1.807, 2.05) is 35.9 Å². The van der Waals surface area contributed by atoms with Gasteiger partial charge in [0, 0.05) is 36.8 Å². The van der Waals surface area contributed by atoms with Gasteiger partial charge in [0.2, 0.25) is 11.8 Å². The van der Waals surface area contributed by atoms with Crippen LogP contribution in [0.4, 0.5) is 9.59 Å². The molecule has 4 aliphatic rings. The van der Waals surface area contributed by atoms with E-state index in [9.17, 15) is 19.2 Å². The molecule has 1 unspecified atom stereocenters. The largest absolute Gasteiger partial charge is 0.488 e. The van der Waals surface area contributed by atoms with Gasteiger partial charge >= 0.3 is 12.2 Å². The van der Waals surface area contributed by atoms with Crippen LogP contribution in [0.1, 0.15) is 95.5 Å². The molecule has 4 amide bonds. The molecule has 9 rings (SSSR count). The number of hydrogen-bond acceptors (Lipinski definition) is 10. The molecule has 0 spiro atoms. The molecule has 4 aliphatic heterocycles. The summed E-state index contributed by atoms with van der Waals surface area (Å²) >= 11 is 0. The van der Waals surface area contributed by atoms with Crippen LogP contribution in [0.15, 0.2) is 48.7 Å². The average molecular weight is 875 g/mol. The molecular formula is C48H58N8O8. The molecule has 3 fully saturated rings. The summed E-state index contributed by atoms with van der Waals surface area (Å²) in [6.07, 6.45) is 5.09. The summed E-state index contributed by atoms with van der Waals surface area (Å²) in [5, 5.41) is 7.56. The fraction of sp³-hybridized carbons (Fsp3) is 0.500. The molecule has 0 radical (unpaired) electrons. The number of hydrogen-bond donors (Lipinski definition) is 4. The first-order valence-corrected chi connectivity index (χ1v) is 22.6. The molecule has 3 aromatic carbocycles. The Kier molecular flexibility index (Phi) is 12.0. The second-order valence-electron chi connectivity index (χ2n) is 18.2. The predicted molar refractivity (Wildman–Crippen MR) is 239 cm³/mol. The van der Waals surface area contributed by atoms with E-state index in [-0.39, 0.29) is 47.7 Å². The van der Waals surface area contributed by atoms with Crippen molar-refractivity contribution in [1.82, 2.24) is 40.4 Å². The van der Waals surface area contributed by atoms with Crippen molar-refractivity contribution in [2.45, 2.75) is 103 Å². The SMILES string of the molecule is CC[C@H]1CC[C@@H](c2ncc(-c3ccc4c(c3)COc3cc5c(ccc6[nH]c([C@@H]7C[C@H](C)CN7C(=O)C(NC(=O)OC)C(C)C)nc65)cc3-4)[nH]2)N1C(=O)[C@@H](NC(=O)OC)C1CCOCC1. The molecule has 5 aromatic rings. The minimum Gasteiger partial charge on any atom is -0.488 e. The lowest BCUT2D eigenvalue weighted by atomic mass is 9.90. The Morgan fingerprint density at radius 1 is 0.891 bits per heavy atom. The number of alkyl carbamates (subject to hydrolysis) is 2. The number of nitrogens with zero attached hydrogens (tertiary/aromatic N) is 4. The number of imidazole rings is 2. The summed E-state index contributed by atoms with van der Waals surface area (Å²) in [6.45, 7) is 10.1. The fourth-order valence-electron chi connectivity index (χ4n) is 10.4. The maximum atomic E-state index is 14.4. The summed E-state index contributed by atoms with van der Waals surface area (Å²) < 4.78 is 21.8. The Hall–Kier alpha value is -6.16. The van der Waals surface area contributed by atoms with E-state index in [0.717, 1.165) is 87.0 Å². The first-order chi connectivity index (χ1) is 31.0. The van der Waals surface area contributed by atoms with Gasteiger partial charge in [-0.05, 0) is 103 Å². The van der Waals surface area contributed by atoms with Gasteiger partial charge in [-0.15, -0.1) is 0 Å². The smallest absolute Gasteiger partial charge is 0.407 e. The summed E-state index contributed by atoms with van der Waals surface area (Å²) in [5.74, 6) is 2.01. The van der Waals surface area contributed by atoms with Gasteiger partial charge < -0.3 is 49.3 Å². The van der Waals surface area contributed by atoms with Crippen LogP contribution in [-0.2, 0) is 30.4 Å². The van der Waals surface area contributed by atoms with Gasteiger partial charge in [0.25, 0.3) is 0 Å². The van der Waals surface area contributed by atoms with Gasteiger partial charge in [-0.2, -0.15) is 0 Å². The van der Waals surface area contributed by atoms with Crippen molar-refractivity contribution in [3.05, 3.63) is 65.9 Å². The van der Waals surface area contributed by atoms with Crippen LogP contribution in [0, 0.1) is 17.8 Å². The maximum Gasteiger partial charge on any atom is 0.407 e. The first kappa shape index (κ1) is 43.1. The van der Waals surface area contributed by atoms with Gasteiger partial charge in [0.05, 0.1) is 49.2 Å². The summed E-state index contributed by atoms with van der Waals surface area (Å²) in [6, 6.07) is 12.7. The van der Waals surface area contributed by atoms with Crippen molar-refractivity contribution >= 4 is 45.8 Å². The van der Waals surface area contributed by atoms with Gasteiger partial charge in [0.15, 0.2) is 0 Å². The number of benzene rings is 3. The van der Waals surface area contributed by atoms with Crippen LogP contribution in [0.25, 0.3) is 44.2 Å². The van der Waals surface area contributed by atoms with Crippen molar-refractivity contribution in [3.8, 4) is 28.1 Å². The number of rotatable bonds is 10. The number of nitrogens with one attached hydrogen (secondary N) is 4. The Bertz CT molecular complexity index is 2580. The number of H-pyrrole nitrogens is 2. The minimum absolute atomic E-state index is 0.0223. The fourth-order valence-corrected chi connectivity index (χ4v) is 10.4. The molecule has 2 aromatic heterocycles. The van der Waals surface area contributed by atoms with Gasteiger partial charge in [-0.25, -0.2) is 19.6 Å². The Labute approximate surface area is 372 Å². The van der Waals surface area contributed by atoms with Crippen LogP contribution < -0.4 is 15.4 Å². The molecule has 16 nitrogen and oxygen atoms in total. The number of aromatic nitrogens is 4. The van der Waals surface area contributed by atoms with Crippen LogP contribution >= 0.6 is 0 Å². The molecule has 64 heavy (non-hydrogen) atoms. The molecule has 6 atom stereocenters. The number of methoxy groups -OCH3 is 2. The summed E-state index contributed by atoms with van der Waals surface area (Å²) in [5.41, 5.74) is 6.60. The Morgan fingerprint density at radius 2 is 1.67 bits per heavy atom. The first-order valence-electron chi connectivity index (χ1n) is 22.6. The normalized spacial score (nSPS) is 21.9. The van der Waals surface area contributed by atoms with Crippen molar-refractivity contribution in [2.75, 3.05) is 34.0 Å². The zero-order valence-corrected chi connectivity index (χ0v) is 37.4. The van der Waals surface area contributed by atoms with E-state index >= 15 is 0 Å². The Balaban J connectivity index is 0.965. The van der Waals surface area contributed by atoms with E-state index in [2.05, 4.69) is 70.8 Å². The van der Waals surface area contributed by atoms with Gasteiger partial charge in [-0.3, -0.25) is 9.59 Å². The maximum absolute atomic E-state index is 14.4. The predicted octanol–water partition coefficient (Wildman–Crippen LogP) is 7.55. The highest BCUT2D eigenvalue weighted by Crippen LogP contribution is 2.44. The summed E-state index contributed by atoms with van der Waals surface area (Å²) in [7, 11) is 2.61. The number of aromatic amines is 2. The molecular weight excluding hydrogens is 817 g/mol. The quantitative estimate of drug-likeness (QED) is 0.109. The molecule has 338 valence electrons. The lowest BCUT2D eigenvalue weighted by molar-refractivity contribution is -0.139. The van der Waals surface area contributed by atoms with Crippen LogP contribution in [0.2, 0.25) is 0 Å². The molecule has 6 heterocycles. The van der Waals surface area contributed by atoms with E-state index < -0.39 is 24.3 Å². The highest BCUT2D eigenvalue weighted by atomic mass is 16.5. The van der Waals surface area contributed by atoms with E-state index in [1.54, 1.807) is 0 Å². The third kappa shape index (κ3) is 8.01. The highest BCUT2D eigenvalue weighted by Gasteiger charge is 2.44. The van der Waals surface area contributed by atoms with Crippen molar-refractivity contribution in [3.63, 3.8) is 0 Å². The number of amides is 4. The number of carbonyl (C=O) groups is 4. The molecule has 0 aliphatic carbocycles. The molecule has 4 N–H and O–H groups in total. The third-order valence-corrected chi connectivity index (χ3v) is 13.8. The highest BCUT2D eigenvalue weighted by molar-refractivity contribution is 6.07. The Morgan fingerprint density at radius 3 is 2.42 bits per heavy atom. The van der Waals surface area contributed by atoms with Gasteiger partial charge in [0.1, 0.15) is 36.1 Å². The summed E-state index contributed by atoms with van der Waals surface area (Å²) in [4.78, 5) is 73.8. The average Bonchev–Trinajstić information content (AvgIpc) is 4.14. The lowest BCUT2D eigenvalue weighted by Gasteiger charge is -2.36. The number of likely N-dealkylation sites (tertiary alicyclic amines) is 2. The molecule has 16 heteroatoms. The van der Waals surface area contributed by atoms with E-state index in [4.69, 9.17) is 28.9 Å². The van der Waals surface area contributed by atoms with Crippen molar-refractivity contribution in [1.29, 1.82) is 0 Å². The van der Waals surface area contributed by atoms with Crippen molar-refractivity contribution in [2.24, 2.45) is 17.8 Å². The lowest BCUT2D eigenvalue weighted by Crippen LogP contribution is -2.54. The van der Waals surface area contributed by atoms with E-state index in [1.165, 1.54) is 14.2 Å². The van der Waals surface area contributed by atoms with Crippen LogP contribution in [-0.4, -0.2) is 106 Å². The second kappa shape index (κ2) is 17.8. The topological polar surface area (TPSA) is 193 Å². The molecule has 3 saturated heterocycles. The minimum atomic E-state index is -0.724. The van der Waals surface area contributed by atoms with Crippen LogP contribution in [0.3, 0.4) is 0 Å². The zero-order valence-electron chi connectivity index (χ0n) is 37.4. The standard InChI is InChI=1S/C48H58N8O8/c1-7-31-10-13-37(56(31)46(58)41(54-48(60)62-6)27-14-16-63-17-15-27)43-49-22-36(51-43)29-8-11-32-30(19-29)24-64-39-21-33-28(20-34(32)39)9-12-35-42(33)52-44(50-35)38-18-26(4)23-55(38)45(57)40(25(2)3)53-47(59)61-5/h8-9,11-12,19-22,25-27,31,37-38,40-41H,7,10,13-18,23-24H2,1-6H3,(H,49,51)(H,50,52)(H,53,59)(H,54,60)/t26-,31-,37-,38-,40?,41-/m0/s1. The third-order valence-electron chi connectivity index (χ3n) is 13.8. The number of carbonyl (C=O) groups excluding carboxylic acids is 4. The monoisotopic (exact) mass is 874 g/mol. The van der Waals surface area contributed by atoms with Gasteiger partial charge in [-0.1, -0.05) is 45.9 Å². The zero-order chi connectivity index (χ0) is 44.8. The number of ether oxygens (including phenoxy) is 4. The molecule has 0 bridgehead atoms. The second-order valence-corrected chi connectivity index (χ2v) is 18.2. The van der Waals surface area contributed by atoms with Crippen LogP contribution in [0.5, 0.6) is 5.75 Å². The molecule has 0 saturated carbocycles. The van der Waals surface area contributed by atoms with Crippen molar-refractivity contribution < 1.29 is 38.1 Å². The van der Waals surface area contributed by atoms with E-state index in [0.29, 0.717) is 45.0 Å².